The second-order valence-electron chi connectivity index (χ2n) is 14.3. The van der Waals surface area contributed by atoms with Gasteiger partial charge in [-0.1, -0.05) is 41.5 Å². The highest BCUT2D eigenvalue weighted by atomic mass is 16.6. The molecule has 0 aromatic rings. The number of rotatable bonds is 3. The molecule has 0 aromatic heterocycles. The quantitative estimate of drug-likeness (QED) is 0.551. The van der Waals surface area contributed by atoms with Gasteiger partial charge >= 0.3 is 5.97 Å². The zero-order valence-corrected chi connectivity index (χ0v) is 23.3. The van der Waals surface area contributed by atoms with Crippen LogP contribution >= 0.6 is 0 Å². The Balaban J connectivity index is 1.59. The van der Waals surface area contributed by atoms with Crippen molar-refractivity contribution >= 4 is 23.3 Å². The first-order chi connectivity index (χ1) is 16.9. The lowest BCUT2D eigenvalue weighted by molar-refractivity contribution is -0.152. The van der Waals surface area contributed by atoms with Gasteiger partial charge in [0.05, 0.1) is 17.6 Å². The monoisotopic (exact) mass is 514 g/mol. The maximum absolute atomic E-state index is 14.1. The number of aliphatic hydroxyl groups is 2. The number of carbonyl (C=O) groups is 4. The van der Waals surface area contributed by atoms with Gasteiger partial charge in [-0.25, -0.2) is 0 Å². The van der Waals surface area contributed by atoms with Gasteiger partial charge in [-0.3, -0.25) is 19.2 Å². The summed E-state index contributed by atoms with van der Waals surface area (Å²) in [6.45, 7) is 13.2. The summed E-state index contributed by atoms with van der Waals surface area (Å²) < 4.78 is 5.50. The van der Waals surface area contributed by atoms with Crippen LogP contribution in [-0.2, 0) is 23.9 Å². The Morgan fingerprint density at radius 1 is 1.00 bits per heavy atom. The Kier molecular flexibility index (Phi) is 5.67. The first kappa shape index (κ1) is 26.7. The standard InChI is InChI=1S/C30H42O7/c1-15-10-16(37-25(15)35)13-29(6,36)20-12-22(34)30(7)24-17(31)11-19-26(2,3)21(33)8-9-27(19,4)23(24)18(32)14-28(20,30)5/h15-16,19-20,22,34,36H,8-14H2,1-7H3/t15-,16-,19-,20-,22-,27-,28+,29-,30-/m0/s1. The molecule has 37 heavy (non-hydrogen) atoms. The second-order valence-corrected chi connectivity index (χ2v) is 14.3. The highest BCUT2D eigenvalue weighted by Crippen LogP contribution is 2.71. The lowest BCUT2D eigenvalue weighted by atomic mass is 9.42. The fourth-order valence-corrected chi connectivity index (χ4v) is 9.49. The average Bonchev–Trinajstić information content (AvgIpc) is 3.19. The Morgan fingerprint density at radius 3 is 2.24 bits per heavy atom. The van der Waals surface area contributed by atoms with E-state index in [-0.39, 0.29) is 60.8 Å². The van der Waals surface area contributed by atoms with Gasteiger partial charge in [-0.2, -0.15) is 0 Å². The van der Waals surface area contributed by atoms with Crippen molar-refractivity contribution in [3.8, 4) is 0 Å². The third-order valence-electron chi connectivity index (χ3n) is 11.8. The van der Waals surface area contributed by atoms with E-state index in [4.69, 9.17) is 4.74 Å². The maximum atomic E-state index is 14.1. The van der Waals surface area contributed by atoms with E-state index in [0.29, 0.717) is 30.4 Å². The van der Waals surface area contributed by atoms with Gasteiger partial charge in [0.25, 0.3) is 0 Å². The number of fused-ring (bicyclic) bond motifs is 4. The van der Waals surface area contributed by atoms with Crippen LogP contribution in [0.5, 0.6) is 0 Å². The van der Waals surface area contributed by atoms with Crippen LogP contribution in [-0.4, -0.2) is 51.3 Å². The van der Waals surface area contributed by atoms with Gasteiger partial charge in [-0.05, 0) is 43.4 Å². The van der Waals surface area contributed by atoms with E-state index in [2.05, 4.69) is 0 Å². The second kappa shape index (κ2) is 7.84. The molecule has 1 saturated heterocycles. The molecule has 4 aliphatic carbocycles. The third kappa shape index (κ3) is 3.32. The number of cyclic esters (lactones) is 1. The van der Waals surface area contributed by atoms with Crippen LogP contribution in [0, 0.1) is 39.4 Å². The van der Waals surface area contributed by atoms with E-state index >= 15 is 0 Å². The fourth-order valence-electron chi connectivity index (χ4n) is 9.49. The van der Waals surface area contributed by atoms with E-state index in [1.165, 1.54) is 0 Å². The van der Waals surface area contributed by atoms with Gasteiger partial charge in [0, 0.05) is 53.1 Å². The van der Waals surface area contributed by atoms with Crippen LogP contribution in [0.15, 0.2) is 11.1 Å². The number of hydrogen-bond acceptors (Lipinski definition) is 7. The molecule has 2 N–H and O–H groups in total. The van der Waals surface area contributed by atoms with Crippen LogP contribution in [0.4, 0.5) is 0 Å². The van der Waals surface area contributed by atoms with Crippen molar-refractivity contribution in [3.63, 3.8) is 0 Å². The molecule has 0 spiro atoms. The summed E-state index contributed by atoms with van der Waals surface area (Å²) in [4.78, 5) is 52.9. The molecule has 0 amide bonds. The average molecular weight is 515 g/mol. The Labute approximate surface area is 219 Å². The van der Waals surface area contributed by atoms with Crippen molar-refractivity contribution in [1.82, 2.24) is 0 Å². The summed E-state index contributed by atoms with van der Waals surface area (Å²) >= 11 is 0. The molecule has 1 aliphatic heterocycles. The van der Waals surface area contributed by atoms with Crippen molar-refractivity contribution in [2.24, 2.45) is 39.4 Å². The summed E-state index contributed by atoms with van der Waals surface area (Å²) in [6.07, 6.45) is 0.837. The Morgan fingerprint density at radius 2 is 1.65 bits per heavy atom. The third-order valence-corrected chi connectivity index (χ3v) is 11.8. The predicted octanol–water partition coefficient (Wildman–Crippen LogP) is 3.73. The van der Waals surface area contributed by atoms with E-state index in [1.807, 2.05) is 41.5 Å². The van der Waals surface area contributed by atoms with Crippen molar-refractivity contribution in [2.45, 2.75) is 111 Å². The number of esters is 1. The molecule has 1 heterocycles. The van der Waals surface area contributed by atoms with E-state index in [0.717, 1.165) is 0 Å². The van der Waals surface area contributed by atoms with Gasteiger partial charge in [0.2, 0.25) is 0 Å². The van der Waals surface area contributed by atoms with Crippen LogP contribution in [0.1, 0.15) is 93.4 Å². The van der Waals surface area contributed by atoms with Gasteiger partial charge < -0.3 is 14.9 Å². The first-order valence-electron chi connectivity index (χ1n) is 13.9. The summed E-state index contributed by atoms with van der Waals surface area (Å²) in [5.74, 6) is -1.35. The largest absolute Gasteiger partial charge is 0.462 e. The van der Waals surface area contributed by atoms with Gasteiger partial charge in [-0.15, -0.1) is 0 Å². The van der Waals surface area contributed by atoms with Gasteiger partial charge in [0.1, 0.15) is 11.9 Å². The first-order valence-corrected chi connectivity index (χ1v) is 13.9. The van der Waals surface area contributed by atoms with Crippen LogP contribution < -0.4 is 0 Å². The minimum absolute atomic E-state index is 0.100. The summed E-state index contributed by atoms with van der Waals surface area (Å²) in [7, 11) is 0. The molecule has 2 saturated carbocycles. The zero-order chi connectivity index (χ0) is 27.5. The normalized spacial score (nSPS) is 46.8. The van der Waals surface area contributed by atoms with Gasteiger partial charge in [0.15, 0.2) is 11.6 Å². The molecular formula is C30H42O7. The Hall–Kier alpha value is -1.86. The summed E-state index contributed by atoms with van der Waals surface area (Å²) in [5.41, 5.74) is -3.56. The van der Waals surface area contributed by atoms with Crippen LogP contribution in [0.2, 0.25) is 0 Å². The number of hydrogen-bond donors (Lipinski definition) is 2. The minimum atomic E-state index is -1.32. The molecule has 0 aromatic carbocycles. The number of ketones is 3. The van der Waals surface area contributed by atoms with Crippen molar-refractivity contribution in [2.75, 3.05) is 0 Å². The minimum Gasteiger partial charge on any atom is -0.462 e. The zero-order valence-electron chi connectivity index (χ0n) is 23.3. The molecule has 7 heteroatoms. The molecule has 7 nitrogen and oxygen atoms in total. The van der Waals surface area contributed by atoms with E-state index in [9.17, 15) is 29.4 Å². The molecule has 204 valence electrons. The molecule has 0 bridgehead atoms. The lowest BCUT2D eigenvalue weighted by Crippen LogP contribution is -2.60. The molecule has 5 rings (SSSR count). The lowest BCUT2D eigenvalue weighted by Gasteiger charge is -2.59. The van der Waals surface area contributed by atoms with E-state index in [1.54, 1.807) is 6.92 Å². The topological polar surface area (TPSA) is 118 Å². The number of carbonyl (C=O) groups excluding carboxylic acids is 4. The highest BCUT2D eigenvalue weighted by molar-refractivity contribution is 6.12. The maximum Gasteiger partial charge on any atom is 0.309 e. The smallest absolute Gasteiger partial charge is 0.309 e. The SMILES string of the molecule is C[C@H]1C[C@@H](C[C@](C)(O)[C@H]2C[C@H](O)[C@@]3(C)C4=C(C(=O)C[C@]23C)[C@@]2(C)CCC(=O)C(C)(C)[C@@H]2CC4=O)OC1=O. The number of aliphatic hydroxyl groups excluding tert-OH is 1. The highest BCUT2D eigenvalue weighted by Gasteiger charge is 2.71. The fraction of sp³-hybridized carbons (Fsp3) is 0.800. The Bertz CT molecular complexity index is 1130. The van der Waals surface area contributed by atoms with E-state index < -0.39 is 45.4 Å². The van der Waals surface area contributed by atoms with Crippen LogP contribution in [0.25, 0.3) is 0 Å². The van der Waals surface area contributed by atoms with Crippen LogP contribution in [0.3, 0.4) is 0 Å². The molecule has 5 aliphatic rings. The molecular weight excluding hydrogens is 472 g/mol. The summed E-state index contributed by atoms with van der Waals surface area (Å²) in [6, 6.07) is 0. The van der Waals surface area contributed by atoms with Crippen molar-refractivity contribution < 1.29 is 34.1 Å². The molecule has 9 atom stereocenters. The molecule has 0 radical (unpaired) electrons. The molecule has 0 unspecified atom stereocenters. The summed E-state index contributed by atoms with van der Waals surface area (Å²) in [5, 5.41) is 23.5. The van der Waals surface area contributed by atoms with Crippen molar-refractivity contribution in [3.05, 3.63) is 11.1 Å². The van der Waals surface area contributed by atoms with Crippen molar-refractivity contribution in [1.29, 1.82) is 0 Å². The number of Topliss-reactive ketones (excluding diaryl/α,β-unsaturated/α-hetero) is 3. The predicted molar refractivity (Wildman–Crippen MR) is 135 cm³/mol. The number of ether oxygens (including phenoxy) is 1. The number of allylic oxidation sites excluding steroid dienone is 1. The molecule has 3 fully saturated rings.